The van der Waals surface area contributed by atoms with Crippen molar-refractivity contribution in [2.45, 2.75) is 63.3 Å². The lowest BCUT2D eigenvalue weighted by Gasteiger charge is -2.31. The SMILES string of the molecule is CCC(=O)OCC1CCN(S(=O)(=O)c2ccc(-c3ccc(CCN4CCC[C@H]4C)cc3)cc2)CC1. The molecule has 2 aromatic rings. The highest BCUT2D eigenvalue weighted by Gasteiger charge is 2.30. The Morgan fingerprint density at radius 3 is 2.14 bits per heavy atom. The van der Waals surface area contributed by atoms with Crippen molar-refractivity contribution in [3.63, 3.8) is 0 Å². The van der Waals surface area contributed by atoms with Gasteiger partial charge in [0.15, 0.2) is 0 Å². The highest BCUT2D eigenvalue weighted by Crippen LogP contribution is 2.27. The van der Waals surface area contributed by atoms with Crippen LogP contribution in [0, 0.1) is 5.92 Å². The largest absolute Gasteiger partial charge is 0.465 e. The van der Waals surface area contributed by atoms with Crippen LogP contribution in [-0.4, -0.2) is 62.4 Å². The number of rotatable bonds is 9. The van der Waals surface area contributed by atoms with Crippen molar-refractivity contribution in [1.29, 1.82) is 0 Å². The molecule has 2 saturated heterocycles. The third-order valence-corrected chi connectivity index (χ3v) is 9.41. The van der Waals surface area contributed by atoms with Crippen molar-refractivity contribution in [3.8, 4) is 11.1 Å². The molecule has 2 aromatic carbocycles. The quantitative estimate of drug-likeness (QED) is 0.468. The molecule has 190 valence electrons. The number of sulfonamides is 1. The van der Waals surface area contributed by atoms with Crippen LogP contribution in [0.4, 0.5) is 0 Å². The molecule has 0 amide bonds. The third kappa shape index (κ3) is 6.51. The van der Waals surface area contributed by atoms with E-state index in [-0.39, 0.29) is 11.9 Å². The lowest BCUT2D eigenvalue weighted by atomic mass is 9.99. The van der Waals surface area contributed by atoms with Gasteiger partial charge < -0.3 is 9.64 Å². The molecule has 7 heteroatoms. The van der Waals surface area contributed by atoms with E-state index in [4.69, 9.17) is 4.74 Å². The van der Waals surface area contributed by atoms with Gasteiger partial charge in [-0.15, -0.1) is 0 Å². The van der Waals surface area contributed by atoms with Gasteiger partial charge in [0.2, 0.25) is 10.0 Å². The highest BCUT2D eigenvalue weighted by atomic mass is 32.2. The monoisotopic (exact) mass is 498 g/mol. The molecular formula is C28H38N2O4S. The first-order valence-corrected chi connectivity index (χ1v) is 14.4. The first kappa shape index (κ1) is 25.9. The molecule has 0 aliphatic carbocycles. The summed E-state index contributed by atoms with van der Waals surface area (Å²) in [6.07, 6.45) is 5.44. The Hall–Kier alpha value is -2.22. The second-order valence-corrected chi connectivity index (χ2v) is 11.8. The van der Waals surface area contributed by atoms with Crippen LogP contribution in [0.3, 0.4) is 0 Å². The number of piperidine rings is 1. The maximum atomic E-state index is 13.1. The standard InChI is InChI=1S/C28H38N2O4S/c1-3-28(31)34-21-24-15-19-30(20-16-24)35(32,33)27-12-10-26(11-13-27)25-8-6-23(7-9-25)14-18-29-17-4-5-22(29)2/h6-13,22,24H,3-5,14-21H2,1-2H3/t22-/m1/s1. The van der Waals surface area contributed by atoms with Gasteiger partial charge in [0, 0.05) is 32.1 Å². The van der Waals surface area contributed by atoms with Gasteiger partial charge in [0.1, 0.15) is 0 Å². The van der Waals surface area contributed by atoms with E-state index in [9.17, 15) is 13.2 Å². The Morgan fingerprint density at radius 1 is 0.943 bits per heavy atom. The Morgan fingerprint density at radius 2 is 1.57 bits per heavy atom. The summed E-state index contributed by atoms with van der Waals surface area (Å²) in [5.41, 5.74) is 3.44. The van der Waals surface area contributed by atoms with Crippen LogP contribution in [0.15, 0.2) is 53.4 Å². The van der Waals surface area contributed by atoms with Crippen LogP contribution in [-0.2, 0) is 26.0 Å². The molecule has 35 heavy (non-hydrogen) atoms. The van der Waals surface area contributed by atoms with Crippen LogP contribution in [0.2, 0.25) is 0 Å². The minimum absolute atomic E-state index is 0.202. The molecule has 0 spiro atoms. The van der Waals surface area contributed by atoms with Crippen LogP contribution < -0.4 is 0 Å². The van der Waals surface area contributed by atoms with Gasteiger partial charge in [0.05, 0.1) is 11.5 Å². The van der Waals surface area contributed by atoms with E-state index in [1.807, 2.05) is 12.1 Å². The lowest BCUT2D eigenvalue weighted by molar-refractivity contribution is -0.145. The number of hydrogen-bond acceptors (Lipinski definition) is 5. The van der Waals surface area contributed by atoms with E-state index >= 15 is 0 Å². The number of esters is 1. The van der Waals surface area contributed by atoms with E-state index in [1.54, 1.807) is 23.4 Å². The predicted octanol–water partition coefficient (Wildman–Crippen LogP) is 4.73. The fourth-order valence-electron chi connectivity index (χ4n) is 5.06. The van der Waals surface area contributed by atoms with E-state index in [2.05, 4.69) is 36.1 Å². The summed E-state index contributed by atoms with van der Waals surface area (Å²) in [5.74, 6) is 0.0209. The molecule has 1 atom stereocenters. The van der Waals surface area contributed by atoms with E-state index in [1.165, 1.54) is 24.9 Å². The van der Waals surface area contributed by atoms with Gasteiger partial charge in [0.25, 0.3) is 0 Å². The molecular weight excluding hydrogens is 460 g/mol. The summed E-state index contributed by atoms with van der Waals surface area (Å²) < 4.78 is 33.1. The molecule has 0 unspecified atom stereocenters. The van der Waals surface area contributed by atoms with Gasteiger partial charge in [-0.1, -0.05) is 43.3 Å². The first-order valence-electron chi connectivity index (χ1n) is 13.0. The topological polar surface area (TPSA) is 66.9 Å². The minimum atomic E-state index is -3.53. The van der Waals surface area contributed by atoms with Gasteiger partial charge in [-0.2, -0.15) is 4.31 Å². The summed E-state index contributed by atoms with van der Waals surface area (Å²) in [4.78, 5) is 14.3. The second-order valence-electron chi connectivity index (χ2n) is 9.88. The molecule has 0 aromatic heterocycles. The molecule has 0 saturated carbocycles. The van der Waals surface area contributed by atoms with Gasteiger partial charge >= 0.3 is 5.97 Å². The Balaban J connectivity index is 1.32. The summed E-state index contributed by atoms with van der Waals surface area (Å²) >= 11 is 0. The Labute approximate surface area is 210 Å². The number of nitrogens with zero attached hydrogens (tertiary/aromatic N) is 2. The zero-order valence-corrected chi connectivity index (χ0v) is 21.8. The predicted molar refractivity (Wildman–Crippen MR) is 139 cm³/mol. The summed E-state index contributed by atoms with van der Waals surface area (Å²) in [7, 11) is -3.53. The fraction of sp³-hybridized carbons (Fsp3) is 0.536. The van der Waals surface area contributed by atoms with Crippen LogP contribution in [0.5, 0.6) is 0 Å². The molecule has 0 bridgehead atoms. The highest BCUT2D eigenvalue weighted by molar-refractivity contribution is 7.89. The molecule has 0 radical (unpaired) electrons. The van der Waals surface area contributed by atoms with Crippen LogP contribution in [0.25, 0.3) is 11.1 Å². The van der Waals surface area contributed by atoms with E-state index in [0.717, 1.165) is 24.1 Å². The van der Waals surface area contributed by atoms with Crippen molar-refractivity contribution in [2.75, 3.05) is 32.8 Å². The summed E-state index contributed by atoms with van der Waals surface area (Å²) in [6.45, 7) is 7.69. The Bertz CT molecular complexity index is 1070. The van der Waals surface area contributed by atoms with Gasteiger partial charge in [-0.25, -0.2) is 8.42 Å². The Kier molecular flexibility index (Phi) is 8.63. The lowest BCUT2D eigenvalue weighted by Crippen LogP contribution is -2.39. The zero-order chi connectivity index (χ0) is 24.8. The first-order chi connectivity index (χ1) is 16.9. The normalized spacial score (nSPS) is 20.2. The van der Waals surface area contributed by atoms with Crippen molar-refractivity contribution >= 4 is 16.0 Å². The molecule has 2 aliphatic rings. The number of benzene rings is 2. The van der Waals surface area contributed by atoms with Crippen molar-refractivity contribution in [3.05, 3.63) is 54.1 Å². The van der Waals surface area contributed by atoms with Crippen molar-refractivity contribution in [1.82, 2.24) is 9.21 Å². The molecule has 2 fully saturated rings. The maximum absolute atomic E-state index is 13.1. The fourth-order valence-corrected chi connectivity index (χ4v) is 6.53. The van der Waals surface area contributed by atoms with Crippen molar-refractivity contribution in [2.24, 2.45) is 5.92 Å². The molecule has 0 N–H and O–H groups in total. The van der Waals surface area contributed by atoms with E-state index in [0.29, 0.717) is 49.9 Å². The minimum Gasteiger partial charge on any atom is -0.465 e. The number of carbonyl (C=O) groups excluding carboxylic acids is 1. The third-order valence-electron chi connectivity index (χ3n) is 7.50. The summed E-state index contributed by atoms with van der Waals surface area (Å²) in [5, 5.41) is 0. The molecule has 6 nitrogen and oxygen atoms in total. The maximum Gasteiger partial charge on any atom is 0.305 e. The molecule has 2 aliphatic heterocycles. The zero-order valence-electron chi connectivity index (χ0n) is 21.0. The number of likely N-dealkylation sites (tertiary alicyclic amines) is 1. The summed E-state index contributed by atoms with van der Waals surface area (Å²) in [6, 6.07) is 16.5. The number of ether oxygens (including phenoxy) is 1. The average Bonchev–Trinajstić information content (AvgIpc) is 3.31. The van der Waals surface area contributed by atoms with Crippen molar-refractivity contribution < 1.29 is 17.9 Å². The van der Waals surface area contributed by atoms with E-state index < -0.39 is 10.0 Å². The number of hydrogen-bond donors (Lipinski definition) is 0. The average molecular weight is 499 g/mol. The number of carbonyl (C=O) groups is 1. The smallest absolute Gasteiger partial charge is 0.305 e. The van der Waals surface area contributed by atoms with Gasteiger partial charge in [-0.3, -0.25) is 4.79 Å². The van der Waals surface area contributed by atoms with Gasteiger partial charge in [-0.05, 0) is 80.3 Å². The molecule has 4 rings (SSSR count). The van der Waals surface area contributed by atoms with Crippen LogP contribution >= 0.6 is 0 Å². The molecule has 2 heterocycles. The second kappa shape index (κ2) is 11.7. The van der Waals surface area contributed by atoms with Crippen LogP contribution in [0.1, 0.15) is 51.5 Å².